The van der Waals surface area contributed by atoms with Crippen LogP contribution < -0.4 is 11.0 Å². The van der Waals surface area contributed by atoms with E-state index in [0.29, 0.717) is 5.92 Å². The summed E-state index contributed by atoms with van der Waals surface area (Å²) >= 11 is 0. The van der Waals surface area contributed by atoms with Gasteiger partial charge in [0.05, 0.1) is 5.69 Å². The minimum absolute atomic E-state index is 0.177. The molecule has 1 aromatic heterocycles. The van der Waals surface area contributed by atoms with Crippen molar-refractivity contribution < 1.29 is 0 Å². The number of fused-ring (bicyclic) bond motifs is 1. The summed E-state index contributed by atoms with van der Waals surface area (Å²) in [5.41, 5.74) is 3.29. The fraction of sp³-hybridized carbons (Fsp3) is 0.667. The van der Waals surface area contributed by atoms with Crippen molar-refractivity contribution in [3.63, 3.8) is 0 Å². The Kier molecular flexibility index (Phi) is 2.52. The molecule has 0 atom stereocenters. The molecule has 16 heavy (non-hydrogen) atoms. The largest absolute Gasteiger partial charge is 0.345 e. The van der Waals surface area contributed by atoms with Crippen LogP contribution >= 0.6 is 0 Å². The van der Waals surface area contributed by atoms with Crippen LogP contribution in [0.15, 0.2) is 4.79 Å². The molecule has 4 heteroatoms. The number of hydrogen-bond donors (Lipinski definition) is 2. The lowest BCUT2D eigenvalue weighted by atomic mass is 9.94. The molecule has 0 unspecified atom stereocenters. The van der Waals surface area contributed by atoms with E-state index in [0.717, 1.165) is 30.9 Å². The van der Waals surface area contributed by atoms with Gasteiger partial charge in [-0.05, 0) is 31.4 Å². The van der Waals surface area contributed by atoms with Gasteiger partial charge in [0.2, 0.25) is 0 Å². The van der Waals surface area contributed by atoms with Crippen LogP contribution in [0.5, 0.6) is 0 Å². The first-order valence-electron chi connectivity index (χ1n) is 6.17. The lowest BCUT2D eigenvalue weighted by molar-refractivity contribution is 0.589. The minimum Gasteiger partial charge on any atom is -0.311 e. The summed E-state index contributed by atoms with van der Waals surface area (Å²) in [5.74, 6) is 0.536. The van der Waals surface area contributed by atoms with Gasteiger partial charge in [0.1, 0.15) is 0 Å². The van der Waals surface area contributed by atoms with E-state index < -0.39 is 0 Å². The van der Waals surface area contributed by atoms with E-state index in [1.807, 2.05) is 0 Å². The second kappa shape index (κ2) is 4.01. The Balaban J connectivity index is 2.08. The fourth-order valence-corrected chi connectivity index (χ4v) is 2.96. The Morgan fingerprint density at radius 3 is 2.88 bits per heavy atom. The predicted molar refractivity (Wildman–Crippen MR) is 61.5 cm³/mol. The van der Waals surface area contributed by atoms with Crippen LogP contribution in [0.25, 0.3) is 0 Å². The molecule has 2 heterocycles. The average Bonchev–Trinajstić information content (AvgIpc) is 2.81. The van der Waals surface area contributed by atoms with Crippen molar-refractivity contribution in [1.29, 1.82) is 0 Å². The highest BCUT2D eigenvalue weighted by atomic mass is 16.1. The van der Waals surface area contributed by atoms with E-state index in [4.69, 9.17) is 0 Å². The monoisotopic (exact) mass is 219 g/mol. The third kappa shape index (κ3) is 1.67. The molecule has 86 valence electrons. The molecule has 2 aliphatic rings. The number of nitrogens with one attached hydrogen (secondary N) is 2. The van der Waals surface area contributed by atoms with Gasteiger partial charge in [-0.25, -0.2) is 4.79 Å². The van der Waals surface area contributed by atoms with Gasteiger partial charge in [-0.15, -0.1) is 0 Å². The quantitative estimate of drug-likeness (QED) is 0.743. The molecule has 3 rings (SSSR count). The standard InChI is InChI=1S/C12H17N3O/c16-12-14-10-7-13-6-5-9(10)11(15-12)8-3-1-2-4-8/h8,13H,1-7H2,(H,14,15,16). The maximum Gasteiger partial charge on any atom is 0.345 e. The summed E-state index contributed by atoms with van der Waals surface area (Å²) in [6.45, 7) is 1.78. The Morgan fingerprint density at radius 1 is 1.25 bits per heavy atom. The summed E-state index contributed by atoms with van der Waals surface area (Å²) in [5, 5.41) is 3.29. The number of aromatic amines is 1. The smallest absolute Gasteiger partial charge is 0.311 e. The molecule has 1 saturated carbocycles. The zero-order valence-corrected chi connectivity index (χ0v) is 9.38. The Labute approximate surface area is 94.5 Å². The first-order valence-corrected chi connectivity index (χ1v) is 6.17. The molecule has 4 nitrogen and oxygen atoms in total. The average molecular weight is 219 g/mol. The number of H-pyrrole nitrogens is 1. The highest BCUT2D eigenvalue weighted by Crippen LogP contribution is 2.35. The van der Waals surface area contributed by atoms with E-state index in [1.54, 1.807) is 0 Å². The fourth-order valence-electron chi connectivity index (χ4n) is 2.96. The van der Waals surface area contributed by atoms with Crippen LogP contribution in [-0.4, -0.2) is 16.5 Å². The van der Waals surface area contributed by atoms with Crippen molar-refractivity contribution in [3.8, 4) is 0 Å². The van der Waals surface area contributed by atoms with Gasteiger partial charge in [-0.1, -0.05) is 12.8 Å². The third-order valence-electron chi connectivity index (χ3n) is 3.75. The molecule has 0 saturated heterocycles. The highest BCUT2D eigenvalue weighted by molar-refractivity contribution is 5.30. The second-order valence-corrected chi connectivity index (χ2v) is 4.79. The molecule has 2 N–H and O–H groups in total. The van der Waals surface area contributed by atoms with Gasteiger partial charge >= 0.3 is 5.69 Å². The number of rotatable bonds is 1. The predicted octanol–water partition coefficient (Wildman–Crippen LogP) is 1.07. The zero-order chi connectivity index (χ0) is 11.0. The van der Waals surface area contributed by atoms with Crippen molar-refractivity contribution in [2.24, 2.45) is 0 Å². The van der Waals surface area contributed by atoms with Crippen molar-refractivity contribution in [2.45, 2.75) is 44.6 Å². The van der Waals surface area contributed by atoms with Crippen LogP contribution in [0, 0.1) is 0 Å². The number of nitrogens with zero attached hydrogens (tertiary/aromatic N) is 1. The van der Waals surface area contributed by atoms with E-state index >= 15 is 0 Å². The van der Waals surface area contributed by atoms with Crippen molar-refractivity contribution >= 4 is 0 Å². The second-order valence-electron chi connectivity index (χ2n) is 4.79. The molecule has 0 spiro atoms. The van der Waals surface area contributed by atoms with Crippen LogP contribution in [0.2, 0.25) is 0 Å². The highest BCUT2D eigenvalue weighted by Gasteiger charge is 2.24. The van der Waals surface area contributed by atoms with Crippen LogP contribution in [-0.2, 0) is 13.0 Å². The topological polar surface area (TPSA) is 57.8 Å². The first kappa shape index (κ1) is 10.0. The summed E-state index contributed by atoms with van der Waals surface area (Å²) in [6.07, 6.45) is 5.98. The summed E-state index contributed by atoms with van der Waals surface area (Å²) < 4.78 is 0. The van der Waals surface area contributed by atoms with E-state index in [2.05, 4.69) is 15.3 Å². The SMILES string of the molecule is O=c1nc(C2CCCC2)c2c([nH]1)CNCC2. The summed E-state index contributed by atoms with van der Waals surface area (Å²) in [6, 6.07) is 0. The minimum atomic E-state index is -0.177. The number of hydrogen-bond acceptors (Lipinski definition) is 3. The summed E-state index contributed by atoms with van der Waals surface area (Å²) in [4.78, 5) is 18.6. The lowest BCUT2D eigenvalue weighted by Gasteiger charge is -2.21. The number of aromatic nitrogens is 2. The van der Waals surface area contributed by atoms with Crippen molar-refractivity contribution in [1.82, 2.24) is 15.3 Å². The first-order chi connectivity index (χ1) is 7.84. The normalized spacial score (nSPS) is 21.0. The van der Waals surface area contributed by atoms with E-state index in [9.17, 15) is 4.79 Å². The van der Waals surface area contributed by atoms with Crippen LogP contribution in [0.1, 0.15) is 48.6 Å². The molecular weight excluding hydrogens is 202 g/mol. The van der Waals surface area contributed by atoms with Gasteiger partial charge in [-0.3, -0.25) is 0 Å². The molecule has 1 aliphatic heterocycles. The summed E-state index contributed by atoms with van der Waals surface area (Å²) in [7, 11) is 0. The molecule has 0 radical (unpaired) electrons. The van der Waals surface area contributed by atoms with Gasteiger partial charge in [0.15, 0.2) is 0 Å². The molecule has 0 amide bonds. The van der Waals surface area contributed by atoms with E-state index in [-0.39, 0.29) is 5.69 Å². The zero-order valence-electron chi connectivity index (χ0n) is 9.38. The molecule has 1 aromatic rings. The maximum atomic E-state index is 11.5. The lowest BCUT2D eigenvalue weighted by Crippen LogP contribution is -2.30. The van der Waals surface area contributed by atoms with Crippen LogP contribution in [0.3, 0.4) is 0 Å². The molecule has 0 aromatic carbocycles. The van der Waals surface area contributed by atoms with Crippen molar-refractivity contribution in [3.05, 3.63) is 27.4 Å². The van der Waals surface area contributed by atoms with Gasteiger partial charge in [0.25, 0.3) is 0 Å². The van der Waals surface area contributed by atoms with Crippen molar-refractivity contribution in [2.75, 3.05) is 6.54 Å². The van der Waals surface area contributed by atoms with Gasteiger partial charge < -0.3 is 10.3 Å². The van der Waals surface area contributed by atoms with Crippen LogP contribution in [0.4, 0.5) is 0 Å². The third-order valence-corrected chi connectivity index (χ3v) is 3.75. The Hall–Kier alpha value is -1.16. The molecular formula is C12H17N3O. The Bertz CT molecular complexity index is 446. The Morgan fingerprint density at radius 2 is 2.06 bits per heavy atom. The molecule has 1 aliphatic carbocycles. The molecule has 0 bridgehead atoms. The maximum absolute atomic E-state index is 11.5. The van der Waals surface area contributed by atoms with Gasteiger partial charge in [-0.2, -0.15) is 4.98 Å². The van der Waals surface area contributed by atoms with Gasteiger partial charge in [0, 0.05) is 18.2 Å². The molecule has 1 fully saturated rings. The van der Waals surface area contributed by atoms with E-state index in [1.165, 1.54) is 31.2 Å².